The molecular weight excluding hydrogens is 236 g/mol. The van der Waals surface area contributed by atoms with Crippen molar-refractivity contribution in [1.82, 2.24) is 4.98 Å². The first-order chi connectivity index (χ1) is 8.26. The Morgan fingerprint density at radius 2 is 1.94 bits per heavy atom. The van der Waals surface area contributed by atoms with E-state index < -0.39 is 17.7 Å². The van der Waals surface area contributed by atoms with Crippen LogP contribution in [-0.2, 0) is 9.53 Å². The second kappa shape index (κ2) is 5.48. The lowest BCUT2D eigenvalue weighted by Gasteiger charge is -2.19. The van der Waals surface area contributed by atoms with Gasteiger partial charge in [-0.25, -0.2) is 9.78 Å². The largest absolute Gasteiger partial charge is 0.444 e. The van der Waals surface area contributed by atoms with Gasteiger partial charge in [-0.2, -0.15) is 0 Å². The van der Waals surface area contributed by atoms with Crippen LogP contribution in [0, 0.1) is 0 Å². The molecule has 1 aromatic rings. The number of pyridine rings is 1. The lowest BCUT2D eigenvalue weighted by Crippen LogP contribution is -2.27. The number of nitrogens with zero attached hydrogens (tertiary/aromatic N) is 1. The van der Waals surface area contributed by atoms with Gasteiger partial charge in [-0.05, 0) is 32.9 Å². The van der Waals surface area contributed by atoms with Crippen molar-refractivity contribution in [3.63, 3.8) is 0 Å². The molecule has 0 aliphatic heterocycles. The number of hydrogen-bond donors (Lipinski definition) is 1. The minimum Gasteiger partial charge on any atom is -0.444 e. The Kier molecular flexibility index (Phi) is 4.25. The molecule has 0 unspecified atom stereocenters. The molecule has 1 rings (SSSR count). The summed E-state index contributed by atoms with van der Waals surface area (Å²) in [5.74, 6) is 0.210. The van der Waals surface area contributed by atoms with Gasteiger partial charge in [0.25, 0.3) is 0 Å². The number of nitrogens with one attached hydrogen (secondary N) is 1. The minimum atomic E-state index is -0.588. The predicted molar refractivity (Wildman–Crippen MR) is 65.4 cm³/mol. The SMILES string of the molecule is CC(=O)Oc1ccc(NC(=O)OC(C)(C)C)nc1. The van der Waals surface area contributed by atoms with Crippen LogP contribution in [0.2, 0.25) is 0 Å². The summed E-state index contributed by atoms with van der Waals surface area (Å²) in [6.45, 7) is 6.60. The first-order valence-electron chi connectivity index (χ1n) is 5.41. The summed E-state index contributed by atoms with van der Waals surface area (Å²) < 4.78 is 9.87. The molecule has 1 N–H and O–H groups in total. The third kappa shape index (κ3) is 5.29. The Morgan fingerprint density at radius 3 is 2.39 bits per heavy atom. The van der Waals surface area contributed by atoms with Crippen LogP contribution in [0.15, 0.2) is 18.3 Å². The highest BCUT2D eigenvalue weighted by molar-refractivity contribution is 5.83. The van der Waals surface area contributed by atoms with Gasteiger partial charge >= 0.3 is 12.1 Å². The molecule has 0 radical (unpaired) electrons. The van der Waals surface area contributed by atoms with E-state index in [1.807, 2.05) is 0 Å². The fraction of sp³-hybridized carbons (Fsp3) is 0.417. The van der Waals surface area contributed by atoms with E-state index in [-0.39, 0.29) is 0 Å². The van der Waals surface area contributed by atoms with Crippen LogP contribution in [0.4, 0.5) is 10.6 Å². The molecule has 0 aliphatic carbocycles. The molecule has 0 bridgehead atoms. The summed E-state index contributed by atoms with van der Waals surface area (Å²) in [5, 5.41) is 2.47. The molecule has 1 amide bonds. The molecule has 6 heteroatoms. The van der Waals surface area contributed by atoms with E-state index in [4.69, 9.17) is 9.47 Å². The summed E-state index contributed by atoms with van der Waals surface area (Å²) in [5.41, 5.74) is -0.568. The van der Waals surface area contributed by atoms with Crippen LogP contribution in [0.25, 0.3) is 0 Å². The molecule has 0 spiro atoms. The maximum Gasteiger partial charge on any atom is 0.413 e. The van der Waals surface area contributed by atoms with Crippen molar-refractivity contribution in [2.24, 2.45) is 0 Å². The molecule has 98 valence electrons. The minimum absolute atomic E-state index is 0.317. The van der Waals surface area contributed by atoms with Crippen molar-refractivity contribution < 1.29 is 19.1 Å². The summed E-state index contributed by atoms with van der Waals surface area (Å²) in [4.78, 5) is 26.0. The number of amides is 1. The van der Waals surface area contributed by atoms with E-state index in [1.54, 1.807) is 20.8 Å². The van der Waals surface area contributed by atoms with Gasteiger partial charge in [0.05, 0.1) is 6.20 Å². The first kappa shape index (κ1) is 14.0. The second-order valence-corrected chi connectivity index (χ2v) is 4.60. The Balaban J connectivity index is 2.58. The number of anilines is 1. The maximum absolute atomic E-state index is 11.4. The van der Waals surface area contributed by atoms with E-state index >= 15 is 0 Å². The van der Waals surface area contributed by atoms with Gasteiger partial charge in [-0.15, -0.1) is 0 Å². The Bertz CT molecular complexity index is 434. The molecular formula is C12H16N2O4. The van der Waals surface area contributed by atoms with Crippen molar-refractivity contribution in [2.75, 3.05) is 5.32 Å². The van der Waals surface area contributed by atoms with Gasteiger partial charge in [0.15, 0.2) is 0 Å². The summed E-state index contributed by atoms with van der Waals surface area (Å²) in [6, 6.07) is 3.04. The van der Waals surface area contributed by atoms with Gasteiger partial charge < -0.3 is 9.47 Å². The normalized spacial score (nSPS) is 10.7. The third-order valence-corrected chi connectivity index (χ3v) is 1.63. The topological polar surface area (TPSA) is 77.5 Å². The lowest BCUT2D eigenvalue weighted by molar-refractivity contribution is -0.131. The molecule has 0 saturated heterocycles. The molecule has 0 atom stereocenters. The third-order valence-electron chi connectivity index (χ3n) is 1.63. The van der Waals surface area contributed by atoms with Gasteiger partial charge in [0.2, 0.25) is 0 Å². The van der Waals surface area contributed by atoms with Gasteiger partial charge in [0.1, 0.15) is 17.2 Å². The Hall–Kier alpha value is -2.11. The predicted octanol–water partition coefficient (Wildman–Crippen LogP) is 2.35. The van der Waals surface area contributed by atoms with E-state index in [0.717, 1.165) is 0 Å². The number of esters is 1. The van der Waals surface area contributed by atoms with E-state index in [2.05, 4.69) is 10.3 Å². The van der Waals surface area contributed by atoms with Crippen LogP contribution in [-0.4, -0.2) is 22.6 Å². The van der Waals surface area contributed by atoms with Crippen molar-refractivity contribution in [3.05, 3.63) is 18.3 Å². The number of hydrogen-bond acceptors (Lipinski definition) is 5. The zero-order chi connectivity index (χ0) is 13.8. The standard InChI is InChI=1S/C12H16N2O4/c1-8(15)17-9-5-6-10(13-7-9)14-11(16)18-12(2,3)4/h5-7H,1-4H3,(H,13,14,16). The highest BCUT2D eigenvalue weighted by Crippen LogP contribution is 2.14. The summed E-state index contributed by atoms with van der Waals surface area (Å²) >= 11 is 0. The lowest BCUT2D eigenvalue weighted by atomic mass is 10.2. The molecule has 0 fully saturated rings. The quantitative estimate of drug-likeness (QED) is 0.817. The van der Waals surface area contributed by atoms with Crippen molar-refractivity contribution in [2.45, 2.75) is 33.3 Å². The van der Waals surface area contributed by atoms with Crippen LogP contribution in [0.5, 0.6) is 5.75 Å². The molecule has 6 nitrogen and oxygen atoms in total. The van der Waals surface area contributed by atoms with E-state index in [9.17, 15) is 9.59 Å². The van der Waals surface area contributed by atoms with Crippen LogP contribution >= 0.6 is 0 Å². The first-order valence-corrected chi connectivity index (χ1v) is 5.41. The Labute approximate surface area is 105 Å². The van der Waals surface area contributed by atoms with Crippen LogP contribution in [0.1, 0.15) is 27.7 Å². The number of ether oxygens (including phenoxy) is 2. The number of carbonyl (C=O) groups is 2. The average molecular weight is 252 g/mol. The van der Waals surface area contributed by atoms with Gasteiger partial charge in [-0.1, -0.05) is 0 Å². The van der Waals surface area contributed by atoms with Crippen molar-refractivity contribution >= 4 is 17.9 Å². The fourth-order valence-corrected chi connectivity index (χ4v) is 1.09. The average Bonchev–Trinajstić information content (AvgIpc) is 2.17. The van der Waals surface area contributed by atoms with Crippen molar-refractivity contribution in [1.29, 1.82) is 0 Å². The molecule has 0 aromatic carbocycles. The van der Waals surface area contributed by atoms with Crippen LogP contribution < -0.4 is 10.1 Å². The van der Waals surface area contributed by atoms with Crippen LogP contribution in [0.3, 0.4) is 0 Å². The van der Waals surface area contributed by atoms with Gasteiger partial charge in [-0.3, -0.25) is 10.1 Å². The van der Waals surface area contributed by atoms with Crippen molar-refractivity contribution in [3.8, 4) is 5.75 Å². The fourth-order valence-electron chi connectivity index (χ4n) is 1.09. The number of rotatable bonds is 2. The highest BCUT2D eigenvalue weighted by atomic mass is 16.6. The summed E-state index contributed by atoms with van der Waals surface area (Å²) in [6.07, 6.45) is 0.754. The van der Waals surface area contributed by atoms with Gasteiger partial charge in [0, 0.05) is 6.92 Å². The van der Waals surface area contributed by atoms with E-state index in [0.29, 0.717) is 11.6 Å². The molecule has 0 saturated carbocycles. The molecule has 1 aromatic heterocycles. The summed E-state index contributed by atoms with van der Waals surface area (Å²) in [7, 11) is 0. The molecule has 18 heavy (non-hydrogen) atoms. The highest BCUT2D eigenvalue weighted by Gasteiger charge is 2.16. The zero-order valence-electron chi connectivity index (χ0n) is 10.8. The molecule has 0 aliphatic rings. The number of aromatic nitrogens is 1. The second-order valence-electron chi connectivity index (χ2n) is 4.60. The Morgan fingerprint density at radius 1 is 1.28 bits per heavy atom. The number of carbonyl (C=O) groups excluding carboxylic acids is 2. The monoisotopic (exact) mass is 252 g/mol. The molecule has 1 heterocycles. The maximum atomic E-state index is 11.4. The zero-order valence-corrected chi connectivity index (χ0v) is 10.8. The van der Waals surface area contributed by atoms with E-state index in [1.165, 1.54) is 25.3 Å². The smallest absolute Gasteiger partial charge is 0.413 e.